The first kappa shape index (κ1) is 21.3. The predicted octanol–water partition coefficient (Wildman–Crippen LogP) is 3.86. The minimum atomic E-state index is -4.54. The van der Waals surface area contributed by atoms with Crippen molar-refractivity contribution >= 4 is 28.8 Å². The molecular weight excluding hydrogens is 403 g/mol. The van der Waals surface area contributed by atoms with E-state index < -0.39 is 23.7 Å². The molecule has 1 aliphatic heterocycles. The standard InChI is InChI=1S/C20H22F3N3O2S/c1-13-7-8-17(29-13)19(28)26-11-9-25(10-12-26)14(2)18(27)24-16-6-4-3-5-15(16)20(21,22)23/h3-8,14H,9-12H2,1-2H3,(H,24,27). The van der Waals surface area contributed by atoms with Gasteiger partial charge in [-0.1, -0.05) is 12.1 Å². The third kappa shape index (κ3) is 4.97. The van der Waals surface area contributed by atoms with Gasteiger partial charge in [0.2, 0.25) is 5.91 Å². The summed E-state index contributed by atoms with van der Waals surface area (Å²) in [6.45, 7) is 5.48. The Balaban J connectivity index is 1.59. The van der Waals surface area contributed by atoms with Crippen LogP contribution in [0.3, 0.4) is 0 Å². The Bertz CT molecular complexity index is 889. The zero-order chi connectivity index (χ0) is 21.2. The number of alkyl halides is 3. The fourth-order valence-electron chi connectivity index (χ4n) is 3.26. The summed E-state index contributed by atoms with van der Waals surface area (Å²) in [6.07, 6.45) is -4.54. The van der Waals surface area contributed by atoms with Gasteiger partial charge in [0.1, 0.15) is 0 Å². The van der Waals surface area contributed by atoms with E-state index in [1.807, 2.05) is 24.0 Å². The molecule has 1 aliphatic rings. The number of hydrogen-bond donors (Lipinski definition) is 1. The van der Waals surface area contributed by atoms with E-state index in [1.165, 1.54) is 29.5 Å². The summed E-state index contributed by atoms with van der Waals surface area (Å²) in [5.74, 6) is -0.533. The van der Waals surface area contributed by atoms with Crippen LogP contribution in [0, 0.1) is 6.92 Å². The highest BCUT2D eigenvalue weighted by atomic mass is 32.1. The van der Waals surface area contributed by atoms with Gasteiger partial charge in [-0.2, -0.15) is 13.2 Å². The molecule has 1 aromatic carbocycles. The van der Waals surface area contributed by atoms with E-state index in [-0.39, 0.29) is 11.6 Å². The van der Waals surface area contributed by atoms with Gasteiger partial charge in [0, 0.05) is 31.1 Å². The summed E-state index contributed by atoms with van der Waals surface area (Å²) in [5, 5.41) is 2.40. The van der Waals surface area contributed by atoms with Gasteiger partial charge in [-0.3, -0.25) is 14.5 Å². The monoisotopic (exact) mass is 425 g/mol. The first-order chi connectivity index (χ1) is 13.7. The summed E-state index contributed by atoms with van der Waals surface area (Å²) in [4.78, 5) is 30.4. The molecule has 1 saturated heterocycles. The molecule has 1 N–H and O–H groups in total. The summed E-state index contributed by atoms with van der Waals surface area (Å²) in [5.41, 5.74) is -1.12. The smallest absolute Gasteiger partial charge is 0.335 e. The van der Waals surface area contributed by atoms with E-state index in [0.29, 0.717) is 31.1 Å². The molecule has 1 unspecified atom stereocenters. The Labute approximate surface area is 171 Å². The number of aryl methyl sites for hydroxylation is 1. The van der Waals surface area contributed by atoms with Crippen LogP contribution in [0.25, 0.3) is 0 Å². The third-order valence-electron chi connectivity index (χ3n) is 4.97. The Hall–Kier alpha value is -2.39. The highest BCUT2D eigenvalue weighted by Crippen LogP contribution is 2.34. The van der Waals surface area contributed by atoms with E-state index in [9.17, 15) is 22.8 Å². The molecule has 0 saturated carbocycles. The number of nitrogens with zero attached hydrogens (tertiary/aromatic N) is 2. The second-order valence-electron chi connectivity index (χ2n) is 6.95. The topological polar surface area (TPSA) is 52.7 Å². The molecule has 2 amide bonds. The van der Waals surface area contributed by atoms with Crippen molar-refractivity contribution < 1.29 is 22.8 Å². The molecule has 29 heavy (non-hydrogen) atoms. The molecule has 2 aromatic rings. The Morgan fingerprint density at radius 2 is 1.72 bits per heavy atom. The molecular formula is C20H22F3N3O2S. The highest BCUT2D eigenvalue weighted by molar-refractivity contribution is 7.13. The number of carbonyl (C=O) groups is 2. The Kier molecular flexibility index (Phi) is 6.28. The number of thiophene rings is 1. The van der Waals surface area contributed by atoms with Crippen LogP contribution in [-0.2, 0) is 11.0 Å². The lowest BCUT2D eigenvalue weighted by molar-refractivity contribution is -0.137. The maximum atomic E-state index is 13.1. The minimum absolute atomic E-state index is 0.0287. The number of amides is 2. The van der Waals surface area contributed by atoms with Crippen LogP contribution in [0.15, 0.2) is 36.4 Å². The van der Waals surface area contributed by atoms with Crippen molar-refractivity contribution in [2.75, 3.05) is 31.5 Å². The molecule has 9 heteroatoms. The molecule has 0 aliphatic carbocycles. The van der Waals surface area contributed by atoms with Crippen LogP contribution < -0.4 is 5.32 Å². The number of carbonyl (C=O) groups excluding carboxylic acids is 2. The molecule has 1 fully saturated rings. The van der Waals surface area contributed by atoms with E-state index in [0.717, 1.165) is 10.9 Å². The maximum absolute atomic E-state index is 13.1. The van der Waals surface area contributed by atoms with Crippen LogP contribution in [0.1, 0.15) is 27.0 Å². The van der Waals surface area contributed by atoms with Gasteiger partial charge in [0.25, 0.3) is 5.91 Å². The quantitative estimate of drug-likeness (QED) is 0.810. The number of nitrogens with one attached hydrogen (secondary N) is 1. The largest absolute Gasteiger partial charge is 0.418 e. The van der Waals surface area contributed by atoms with E-state index in [4.69, 9.17) is 0 Å². The van der Waals surface area contributed by atoms with Gasteiger partial charge in [-0.25, -0.2) is 0 Å². The molecule has 156 valence electrons. The van der Waals surface area contributed by atoms with Gasteiger partial charge in [-0.05, 0) is 38.1 Å². The molecule has 0 spiro atoms. The fraction of sp³-hybridized carbons (Fsp3) is 0.400. The van der Waals surface area contributed by atoms with Gasteiger partial charge >= 0.3 is 6.18 Å². The lowest BCUT2D eigenvalue weighted by atomic mass is 10.1. The second-order valence-corrected chi connectivity index (χ2v) is 8.23. The summed E-state index contributed by atoms with van der Waals surface area (Å²) in [6, 6.07) is 8.02. The average Bonchev–Trinajstić information content (AvgIpc) is 3.13. The first-order valence-corrected chi connectivity index (χ1v) is 10.1. The molecule has 1 atom stereocenters. The fourth-order valence-corrected chi connectivity index (χ4v) is 4.10. The van der Waals surface area contributed by atoms with Crippen molar-refractivity contribution in [1.29, 1.82) is 0 Å². The number of benzene rings is 1. The van der Waals surface area contributed by atoms with Gasteiger partial charge < -0.3 is 10.2 Å². The van der Waals surface area contributed by atoms with Gasteiger partial charge in [0.15, 0.2) is 0 Å². The summed E-state index contributed by atoms with van der Waals surface area (Å²) < 4.78 is 39.3. The summed E-state index contributed by atoms with van der Waals surface area (Å²) >= 11 is 1.45. The Morgan fingerprint density at radius 1 is 1.07 bits per heavy atom. The van der Waals surface area contributed by atoms with Crippen LogP contribution in [-0.4, -0.2) is 53.8 Å². The van der Waals surface area contributed by atoms with Gasteiger partial charge in [0.05, 0.1) is 22.2 Å². The zero-order valence-corrected chi connectivity index (χ0v) is 16.9. The van der Waals surface area contributed by atoms with E-state index in [2.05, 4.69) is 5.32 Å². The van der Waals surface area contributed by atoms with Crippen molar-refractivity contribution in [1.82, 2.24) is 9.80 Å². The maximum Gasteiger partial charge on any atom is 0.418 e. The van der Waals surface area contributed by atoms with Crippen molar-refractivity contribution in [3.8, 4) is 0 Å². The molecule has 3 rings (SSSR count). The van der Waals surface area contributed by atoms with Crippen molar-refractivity contribution in [2.45, 2.75) is 26.1 Å². The second kappa shape index (κ2) is 8.54. The van der Waals surface area contributed by atoms with Crippen LogP contribution in [0.5, 0.6) is 0 Å². The SMILES string of the molecule is Cc1ccc(C(=O)N2CCN(C(C)C(=O)Nc3ccccc3C(F)(F)F)CC2)s1. The molecule has 0 bridgehead atoms. The van der Waals surface area contributed by atoms with Crippen LogP contribution >= 0.6 is 11.3 Å². The molecule has 0 radical (unpaired) electrons. The normalized spacial score (nSPS) is 16.5. The van der Waals surface area contributed by atoms with Crippen LogP contribution in [0.2, 0.25) is 0 Å². The predicted molar refractivity (Wildman–Crippen MR) is 106 cm³/mol. The van der Waals surface area contributed by atoms with Crippen molar-refractivity contribution in [3.05, 3.63) is 51.7 Å². The molecule has 2 heterocycles. The van der Waals surface area contributed by atoms with Gasteiger partial charge in [-0.15, -0.1) is 11.3 Å². The number of piperazine rings is 1. The number of rotatable bonds is 4. The number of para-hydroxylation sites is 1. The number of halogens is 3. The first-order valence-electron chi connectivity index (χ1n) is 9.23. The lowest BCUT2D eigenvalue weighted by Gasteiger charge is -2.37. The Morgan fingerprint density at radius 3 is 2.31 bits per heavy atom. The van der Waals surface area contributed by atoms with Crippen molar-refractivity contribution in [3.63, 3.8) is 0 Å². The minimum Gasteiger partial charge on any atom is -0.335 e. The third-order valence-corrected chi connectivity index (χ3v) is 5.96. The number of anilines is 1. The van der Waals surface area contributed by atoms with E-state index >= 15 is 0 Å². The zero-order valence-electron chi connectivity index (χ0n) is 16.1. The summed E-state index contributed by atoms with van der Waals surface area (Å²) in [7, 11) is 0. The van der Waals surface area contributed by atoms with E-state index in [1.54, 1.807) is 11.8 Å². The molecule has 1 aromatic heterocycles. The average molecular weight is 425 g/mol. The highest BCUT2D eigenvalue weighted by Gasteiger charge is 2.34. The number of hydrogen-bond acceptors (Lipinski definition) is 4. The van der Waals surface area contributed by atoms with Crippen molar-refractivity contribution in [2.24, 2.45) is 0 Å². The van der Waals surface area contributed by atoms with Crippen LogP contribution in [0.4, 0.5) is 18.9 Å². The molecule has 5 nitrogen and oxygen atoms in total. The lowest BCUT2D eigenvalue weighted by Crippen LogP contribution is -2.54.